The van der Waals surface area contributed by atoms with Gasteiger partial charge in [0.2, 0.25) is 0 Å². The van der Waals surface area contributed by atoms with Gasteiger partial charge in [0, 0.05) is 0 Å². The maximum Gasteiger partial charge on any atom is 0.118 e. The van der Waals surface area contributed by atoms with Gasteiger partial charge in [-0.3, -0.25) is 0 Å². The van der Waals surface area contributed by atoms with Gasteiger partial charge >= 0.3 is 0 Å². The van der Waals surface area contributed by atoms with Crippen molar-refractivity contribution in [2.75, 3.05) is 6.61 Å². The van der Waals surface area contributed by atoms with E-state index >= 15 is 0 Å². The van der Waals surface area contributed by atoms with Crippen LogP contribution in [0.4, 0.5) is 0 Å². The minimum atomic E-state index is 0.102. The molecule has 0 bridgehead atoms. The lowest BCUT2D eigenvalue weighted by Crippen LogP contribution is -1.98. The standard InChI is InChI=1S/C7H10O/c1-3-7-4-6(2)5-8-7/h1,6-7H,4-5H2,2H3/t6-,7-/m0/s1. The Morgan fingerprint density at radius 2 is 2.50 bits per heavy atom. The molecule has 1 aliphatic heterocycles. The van der Waals surface area contributed by atoms with Crippen LogP contribution in [0.3, 0.4) is 0 Å². The van der Waals surface area contributed by atoms with E-state index in [9.17, 15) is 0 Å². The summed E-state index contributed by atoms with van der Waals surface area (Å²) in [5.41, 5.74) is 0. The molecule has 0 unspecified atom stereocenters. The highest BCUT2D eigenvalue weighted by molar-refractivity contribution is 4.97. The van der Waals surface area contributed by atoms with Crippen molar-refractivity contribution in [3.63, 3.8) is 0 Å². The van der Waals surface area contributed by atoms with E-state index in [2.05, 4.69) is 12.8 Å². The van der Waals surface area contributed by atoms with Gasteiger partial charge in [-0.2, -0.15) is 0 Å². The third-order valence-corrected chi connectivity index (χ3v) is 1.38. The zero-order chi connectivity index (χ0) is 5.98. The monoisotopic (exact) mass is 110 g/mol. The van der Waals surface area contributed by atoms with Gasteiger partial charge in [0.05, 0.1) is 6.61 Å². The predicted octanol–water partition coefficient (Wildman–Crippen LogP) is 1.04. The summed E-state index contributed by atoms with van der Waals surface area (Å²) in [7, 11) is 0. The summed E-state index contributed by atoms with van der Waals surface area (Å²) in [6, 6.07) is 0. The molecular formula is C7H10O. The predicted molar refractivity (Wildman–Crippen MR) is 32.4 cm³/mol. The molecule has 1 rings (SSSR count). The van der Waals surface area contributed by atoms with E-state index in [0.717, 1.165) is 13.0 Å². The van der Waals surface area contributed by atoms with Crippen molar-refractivity contribution >= 4 is 0 Å². The molecule has 1 heterocycles. The Balaban J connectivity index is 2.35. The second-order valence-electron chi connectivity index (χ2n) is 2.33. The molecule has 1 saturated heterocycles. The Hall–Kier alpha value is -0.480. The highest BCUT2D eigenvalue weighted by atomic mass is 16.5. The molecule has 44 valence electrons. The van der Waals surface area contributed by atoms with Gasteiger partial charge in [-0.15, -0.1) is 6.42 Å². The lowest BCUT2D eigenvalue weighted by atomic mass is 10.1. The summed E-state index contributed by atoms with van der Waals surface area (Å²) in [6.45, 7) is 2.99. The van der Waals surface area contributed by atoms with Crippen molar-refractivity contribution in [1.29, 1.82) is 0 Å². The molecule has 0 aromatic heterocycles. The average Bonchev–Trinajstić information content (AvgIpc) is 2.14. The van der Waals surface area contributed by atoms with E-state index in [4.69, 9.17) is 11.2 Å². The molecule has 0 aliphatic carbocycles. The molecule has 0 aromatic rings. The molecule has 1 heteroatoms. The second kappa shape index (κ2) is 2.19. The summed E-state index contributed by atoms with van der Waals surface area (Å²) in [5.74, 6) is 3.24. The molecule has 0 amide bonds. The van der Waals surface area contributed by atoms with E-state index in [1.807, 2.05) is 0 Å². The Morgan fingerprint density at radius 1 is 1.75 bits per heavy atom. The topological polar surface area (TPSA) is 9.23 Å². The number of ether oxygens (including phenoxy) is 1. The third-order valence-electron chi connectivity index (χ3n) is 1.38. The summed E-state index contributed by atoms with van der Waals surface area (Å²) in [6.07, 6.45) is 6.26. The third kappa shape index (κ3) is 1.02. The molecule has 2 atom stereocenters. The van der Waals surface area contributed by atoms with Crippen LogP contribution in [0, 0.1) is 18.3 Å². The van der Waals surface area contributed by atoms with Gasteiger partial charge in [-0.25, -0.2) is 0 Å². The zero-order valence-corrected chi connectivity index (χ0v) is 5.05. The minimum Gasteiger partial charge on any atom is -0.365 e. The van der Waals surface area contributed by atoms with E-state index in [0.29, 0.717) is 5.92 Å². The average molecular weight is 110 g/mol. The summed E-state index contributed by atoms with van der Waals surface area (Å²) in [5, 5.41) is 0. The molecular weight excluding hydrogens is 100 g/mol. The fourth-order valence-electron chi connectivity index (χ4n) is 0.898. The second-order valence-corrected chi connectivity index (χ2v) is 2.33. The normalized spacial score (nSPS) is 37.0. The van der Waals surface area contributed by atoms with E-state index in [-0.39, 0.29) is 6.10 Å². The minimum absolute atomic E-state index is 0.102. The smallest absolute Gasteiger partial charge is 0.118 e. The zero-order valence-electron chi connectivity index (χ0n) is 5.05. The van der Waals surface area contributed by atoms with Crippen LogP contribution in [0.5, 0.6) is 0 Å². The van der Waals surface area contributed by atoms with E-state index < -0.39 is 0 Å². The Bertz CT molecular complexity index is 112. The van der Waals surface area contributed by atoms with Crippen molar-refractivity contribution in [3.8, 4) is 12.3 Å². The molecule has 1 aliphatic rings. The van der Waals surface area contributed by atoms with Crippen LogP contribution in [0.15, 0.2) is 0 Å². The number of rotatable bonds is 0. The Labute approximate surface area is 50.0 Å². The summed E-state index contributed by atoms with van der Waals surface area (Å²) >= 11 is 0. The van der Waals surface area contributed by atoms with Gasteiger partial charge in [-0.1, -0.05) is 12.8 Å². The fraction of sp³-hybridized carbons (Fsp3) is 0.714. The number of terminal acetylenes is 1. The number of hydrogen-bond acceptors (Lipinski definition) is 1. The fourth-order valence-corrected chi connectivity index (χ4v) is 0.898. The van der Waals surface area contributed by atoms with Crippen molar-refractivity contribution in [2.24, 2.45) is 5.92 Å². The maximum atomic E-state index is 5.18. The van der Waals surface area contributed by atoms with Crippen LogP contribution in [0.2, 0.25) is 0 Å². The molecule has 0 N–H and O–H groups in total. The van der Waals surface area contributed by atoms with Crippen molar-refractivity contribution in [2.45, 2.75) is 19.4 Å². The van der Waals surface area contributed by atoms with E-state index in [1.165, 1.54) is 0 Å². The quantitative estimate of drug-likeness (QED) is 0.423. The SMILES string of the molecule is C#C[C@H]1C[C@H](C)CO1. The van der Waals surface area contributed by atoms with Crippen LogP contribution in [0.25, 0.3) is 0 Å². The van der Waals surface area contributed by atoms with Crippen LogP contribution < -0.4 is 0 Å². The van der Waals surface area contributed by atoms with E-state index in [1.54, 1.807) is 0 Å². The van der Waals surface area contributed by atoms with Crippen LogP contribution >= 0.6 is 0 Å². The van der Waals surface area contributed by atoms with Crippen LogP contribution in [-0.2, 0) is 4.74 Å². The van der Waals surface area contributed by atoms with Crippen molar-refractivity contribution < 1.29 is 4.74 Å². The van der Waals surface area contributed by atoms with Gasteiger partial charge in [-0.05, 0) is 12.3 Å². The summed E-state index contributed by atoms with van der Waals surface area (Å²) in [4.78, 5) is 0. The Kier molecular flexibility index (Phi) is 1.55. The summed E-state index contributed by atoms with van der Waals surface area (Å²) < 4.78 is 5.18. The molecule has 0 radical (unpaired) electrons. The van der Waals surface area contributed by atoms with Gasteiger partial charge in [0.25, 0.3) is 0 Å². The van der Waals surface area contributed by atoms with Crippen LogP contribution in [-0.4, -0.2) is 12.7 Å². The Morgan fingerprint density at radius 3 is 2.75 bits per heavy atom. The molecule has 0 spiro atoms. The largest absolute Gasteiger partial charge is 0.365 e. The lowest BCUT2D eigenvalue weighted by Gasteiger charge is -1.94. The molecule has 0 saturated carbocycles. The van der Waals surface area contributed by atoms with Gasteiger partial charge in [0.1, 0.15) is 6.10 Å². The first-order chi connectivity index (χ1) is 3.83. The highest BCUT2D eigenvalue weighted by Crippen LogP contribution is 2.17. The van der Waals surface area contributed by atoms with Crippen molar-refractivity contribution in [3.05, 3.63) is 0 Å². The van der Waals surface area contributed by atoms with Crippen LogP contribution in [0.1, 0.15) is 13.3 Å². The molecule has 1 nitrogen and oxygen atoms in total. The van der Waals surface area contributed by atoms with Gasteiger partial charge in [0.15, 0.2) is 0 Å². The maximum absolute atomic E-state index is 5.18. The molecule has 1 fully saturated rings. The number of hydrogen-bond donors (Lipinski definition) is 0. The van der Waals surface area contributed by atoms with Gasteiger partial charge < -0.3 is 4.74 Å². The molecule has 8 heavy (non-hydrogen) atoms. The first-order valence-corrected chi connectivity index (χ1v) is 2.90. The first-order valence-electron chi connectivity index (χ1n) is 2.90. The molecule has 0 aromatic carbocycles. The lowest BCUT2D eigenvalue weighted by molar-refractivity contribution is 0.146. The van der Waals surface area contributed by atoms with Crippen molar-refractivity contribution in [1.82, 2.24) is 0 Å². The highest BCUT2D eigenvalue weighted by Gasteiger charge is 2.18. The first kappa shape index (κ1) is 5.65.